The number of nitrogens with one attached hydrogen (secondary N) is 2. The summed E-state index contributed by atoms with van der Waals surface area (Å²) in [7, 11) is 0. The molecule has 1 aliphatic carbocycles. The molecule has 1 aliphatic heterocycles. The SMILES string of the molecule is O=C(CCC1CCNC1)NC1Cc2ccccc2C1. The summed E-state index contributed by atoms with van der Waals surface area (Å²) in [4.78, 5) is 12.0. The molecular weight excluding hydrogens is 236 g/mol. The lowest BCUT2D eigenvalue weighted by Crippen LogP contribution is -2.35. The third kappa shape index (κ3) is 3.16. The Bertz CT molecular complexity index is 427. The van der Waals surface area contributed by atoms with Crippen molar-refractivity contribution in [1.29, 1.82) is 0 Å². The van der Waals surface area contributed by atoms with Gasteiger partial charge in [-0.2, -0.15) is 0 Å². The largest absolute Gasteiger partial charge is 0.353 e. The molecule has 0 aromatic heterocycles. The van der Waals surface area contributed by atoms with Crippen molar-refractivity contribution in [2.24, 2.45) is 5.92 Å². The molecule has 3 nitrogen and oxygen atoms in total. The van der Waals surface area contributed by atoms with Gasteiger partial charge in [0.2, 0.25) is 5.91 Å². The summed E-state index contributed by atoms with van der Waals surface area (Å²) in [6, 6.07) is 8.82. The second kappa shape index (κ2) is 5.74. The highest BCUT2D eigenvalue weighted by Gasteiger charge is 2.23. The molecule has 2 aliphatic rings. The summed E-state index contributed by atoms with van der Waals surface area (Å²) in [6.45, 7) is 2.20. The van der Waals surface area contributed by atoms with Crippen molar-refractivity contribution in [3.63, 3.8) is 0 Å². The van der Waals surface area contributed by atoms with Gasteiger partial charge in [-0.1, -0.05) is 24.3 Å². The van der Waals surface area contributed by atoms with E-state index >= 15 is 0 Å². The Kier molecular flexibility index (Phi) is 3.83. The predicted molar refractivity (Wildman–Crippen MR) is 76.0 cm³/mol. The van der Waals surface area contributed by atoms with Crippen molar-refractivity contribution < 1.29 is 4.79 Å². The molecule has 0 spiro atoms. The van der Waals surface area contributed by atoms with Gasteiger partial charge in [0.15, 0.2) is 0 Å². The van der Waals surface area contributed by atoms with Gasteiger partial charge in [-0.05, 0) is 55.8 Å². The number of amides is 1. The average Bonchev–Trinajstić information content (AvgIpc) is 3.04. The van der Waals surface area contributed by atoms with Gasteiger partial charge in [-0.15, -0.1) is 0 Å². The summed E-state index contributed by atoms with van der Waals surface area (Å²) >= 11 is 0. The molecule has 2 N–H and O–H groups in total. The van der Waals surface area contributed by atoms with E-state index in [9.17, 15) is 4.79 Å². The minimum atomic E-state index is 0.227. The molecule has 19 heavy (non-hydrogen) atoms. The molecular formula is C16H22N2O. The molecule has 1 aromatic rings. The van der Waals surface area contributed by atoms with Crippen LogP contribution >= 0.6 is 0 Å². The van der Waals surface area contributed by atoms with Gasteiger partial charge in [0.25, 0.3) is 0 Å². The van der Waals surface area contributed by atoms with E-state index in [1.807, 2.05) is 0 Å². The van der Waals surface area contributed by atoms with Crippen molar-refractivity contribution in [2.45, 2.75) is 38.1 Å². The summed E-state index contributed by atoms with van der Waals surface area (Å²) in [6.07, 6.45) is 4.92. The first kappa shape index (κ1) is 12.7. The van der Waals surface area contributed by atoms with Crippen molar-refractivity contribution in [1.82, 2.24) is 10.6 Å². The lowest BCUT2D eigenvalue weighted by molar-refractivity contribution is -0.122. The Hall–Kier alpha value is -1.35. The van der Waals surface area contributed by atoms with Crippen LogP contribution in [-0.2, 0) is 17.6 Å². The average molecular weight is 258 g/mol. The van der Waals surface area contributed by atoms with E-state index in [-0.39, 0.29) is 5.91 Å². The van der Waals surface area contributed by atoms with Gasteiger partial charge < -0.3 is 10.6 Å². The third-order valence-electron chi connectivity index (χ3n) is 4.36. The van der Waals surface area contributed by atoms with Crippen molar-refractivity contribution in [2.75, 3.05) is 13.1 Å². The molecule has 0 radical (unpaired) electrons. The second-order valence-electron chi connectivity index (χ2n) is 5.84. The highest BCUT2D eigenvalue weighted by atomic mass is 16.1. The Balaban J connectivity index is 1.44. The van der Waals surface area contributed by atoms with Gasteiger partial charge in [-0.3, -0.25) is 4.79 Å². The number of benzene rings is 1. The number of carbonyl (C=O) groups is 1. The summed E-state index contributed by atoms with van der Waals surface area (Å²) in [5.74, 6) is 0.927. The van der Waals surface area contributed by atoms with Gasteiger partial charge in [0, 0.05) is 12.5 Å². The van der Waals surface area contributed by atoms with E-state index in [0.29, 0.717) is 18.4 Å². The fraction of sp³-hybridized carbons (Fsp3) is 0.562. The van der Waals surface area contributed by atoms with Gasteiger partial charge in [-0.25, -0.2) is 0 Å². The molecule has 1 saturated heterocycles. The number of fused-ring (bicyclic) bond motifs is 1. The van der Waals surface area contributed by atoms with Crippen LogP contribution in [0.25, 0.3) is 0 Å². The fourth-order valence-electron chi connectivity index (χ4n) is 3.26. The van der Waals surface area contributed by atoms with Crippen molar-refractivity contribution in [3.8, 4) is 0 Å². The van der Waals surface area contributed by atoms with Gasteiger partial charge in [0.05, 0.1) is 0 Å². The van der Waals surface area contributed by atoms with Crippen molar-refractivity contribution in [3.05, 3.63) is 35.4 Å². The Morgan fingerprint density at radius 2 is 2.00 bits per heavy atom. The van der Waals surface area contributed by atoms with Crippen LogP contribution in [0.2, 0.25) is 0 Å². The van der Waals surface area contributed by atoms with Crippen LogP contribution in [-0.4, -0.2) is 25.0 Å². The van der Waals surface area contributed by atoms with E-state index in [2.05, 4.69) is 34.9 Å². The van der Waals surface area contributed by atoms with Crippen molar-refractivity contribution >= 4 is 5.91 Å². The lowest BCUT2D eigenvalue weighted by atomic mass is 10.0. The van der Waals surface area contributed by atoms with E-state index < -0.39 is 0 Å². The first-order chi connectivity index (χ1) is 9.31. The van der Waals surface area contributed by atoms with Crippen LogP contribution < -0.4 is 10.6 Å². The molecule has 1 amide bonds. The second-order valence-corrected chi connectivity index (χ2v) is 5.84. The Labute approximate surface area is 114 Å². The monoisotopic (exact) mass is 258 g/mol. The van der Waals surface area contributed by atoms with Crippen LogP contribution in [0.3, 0.4) is 0 Å². The molecule has 1 fully saturated rings. The van der Waals surface area contributed by atoms with Crippen LogP contribution in [0.4, 0.5) is 0 Å². The van der Waals surface area contributed by atoms with Gasteiger partial charge in [0.1, 0.15) is 0 Å². The number of hydrogen-bond acceptors (Lipinski definition) is 2. The summed E-state index contributed by atoms with van der Waals surface area (Å²) < 4.78 is 0. The summed E-state index contributed by atoms with van der Waals surface area (Å²) in [5.41, 5.74) is 2.79. The highest BCUT2D eigenvalue weighted by molar-refractivity contribution is 5.76. The van der Waals surface area contributed by atoms with Crippen LogP contribution in [0.15, 0.2) is 24.3 Å². The van der Waals surface area contributed by atoms with Gasteiger partial charge >= 0.3 is 0 Å². The zero-order chi connectivity index (χ0) is 13.1. The van der Waals surface area contributed by atoms with Crippen LogP contribution in [0.1, 0.15) is 30.4 Å². The van der Waals surface area contributed by atoms with E-state index in [0.717, 1.165) is 32.4 Å². The molecule has 3 heteroatoms. The first-order valence-electron chi connectivity index (χ1n) is 7.38. The normalized spacial score (nSPS) is 22.4. The predicted octanol–water partition coefficient (Wildman–Crippen LogP) is 1.66. The van der Waals surface area contributed by atoms with Crippen LogP contribution in [0.5, 0.6) is 0 Å². The molecule has 0 bridgehead atoms. The maximum Gasteiger partial charge on any atom is 0.220 e. The van der Waals surface area contributed by atoms with E-state index in [1.54, 1.807) is 0 Å². The summed E-state index contributed by atoms with van der Waals surface area (Å²) in [5, 5.41) is 6.54. The molecule has 1 aromatic carbocycles. The standard InChI is InChI=1S/C16H22N2O/c19-16(6-5-12-7-8-17-11-12)18-15-9-13-3-1-2-4-14(13)10-15/h1-4,12,15,17H,5-11H2,(H,18,19). The zero-order valence-electron chi connectivity index (χ0n) is 11.3. The lowest BCUT2D eigenvalue weighted by Gasteiger charge is -2.13. The fourth-order valence-corrected chi connectivity index (χ4v) is 3.26. The first-order valence-corrected chi connectivity index (χ1v) is 7.38. The minimum Gasteiger partial charge on any atom is -0.353 e. The van der Waals surface area contributed by atoms with E-state index in [4.69, 9.17) is 0 Å². The molecule has 1 heterocycles. The molecule has 0 saturated carbocycles. The highest BCUT2D eigenvalue weighted by Crippen LogP contribution is 2.22. The maximum absolute atomic E-state index is 12.0. The number of hydrogen-bond donors (Lipinski definition) is 2. The molecule has 102 valence electrons. The zero-order valence-corrected chi connectivity index (χ0v) is 11.3. The number of rotatable bonds is 4. The molecule has 3 rings (SSSR count). The number of carbonyl (C=O) groups excluding carboxylic acids is 1. The van der Waals surface area contributed by atoms with Crippen LogP contribution in [0, 0.1) is 5.92 Å². The third-order valence-corrected chi connectivity index (χ3v) is 4.36. The smallest absolute Gasteiger partial charge is 0.220 e. The maximum atomic E-state index is 12.0. The Morgan fingerprint density at radius 3 is 2.63 bits per heavy atom. The van der Waals surface area contributed by atoms with E-state index in [1.165, 1.54) is 17.5 Å². The molecule has 1 unspecified atom stereocenters. The quantitative estimate of drug-likeness (QED) is 0.862. The topological polar surface area (TPSA) is 41.1 Å². The molecule has 1 atom stereocenters. The minimum absolute atomic E-state index is 0.227. The Morgan fingerprint density at radius 1 is 1.26 bits per heavy atom.